The van der Waals surface area contributed by atoms with Crippen molar-refractivity contribution in [1.82, 2.24) is 0 Å². The Labute approximate surface area is 146 Å². The number of aromatic carboxylic acids is 1. The third-order valence-electron chi connectivity index (χ3n) is 4.06. The van der Waals surface area contributed by atoms with Crippen molar-refractivity contribution >= 4 is 33.5 Å². The van der Waals surface area contributed by atoms with Crippen molar-refractivity contribution in [3.8, 4) is 0 Å². The third-order valence-corrected chi connectivity index (χ3v) is 5.17. The lowest BCUT2D eigenvalue weighted by Crippen LogP contribution is -1.97. The molecular weight excluding hydrogens is 340 g/mol. The van der Waals surface area contributed by atoms with E-state index in [0.717, 1.165) is 35.1 Å². The van der Waals surface area contributed by atoms with Gasteiger partial charge in [0, 0.05) is 6.26 Å². The molecule has 1 aliphatic carbocycles. The summed E-state index contributed by atoms with van der Waals surface area (Å²) >= 11 is 0. The second-order valence-electron chi connectivity index (χ2n) is 6.01. The van der Waals surface area contributed by atoms with E-state index in [0.29, 0.717) is 5.76 Å². The summed E-state index contributed by atoms with van der Waals surface area (Å²) < 4.78 is 28.9. The number of carboxylic acid groups (broad SMARTS) is 1. The lowest BCUT2D eigenvalue weighted by Gasteiger charge is -2.07. The molecule has 3 rings (SSSR count). The van der Waals surface area contributed by atoms with Crippen LogP contribution in [-0.2, 0) is 9.84 Å². The zero-order chi connectivity index (χ0) is 18.2. The van der Waals surface area contributed by atoms with Gasteiger partial charge in [-0.3, -0.25) is 0 Å². The molecule has 0 atom stereocenters. The first kappa shape index (κ1) is 17.2. The Kier molecular flexibility index (Phi) is 4.39. The van der Waals surface area contributed by atoms with Crippen LogP contribution in [0.15, 0.2) is 45.2 Å². The van der Waals surface area contributed by atoms with Gasteiger partial charge in [-0.1, -0.05) is 25.5 Å². The molecule has 0 spiro atoms. The summed E-state index contributed by atoms with van der Waals surface area (Å²) in [6, 6.07) is 8.09. The number of hydrogen-bond donors (Lipinski definition) is 1. The third kappa shape index (κ3) is 3.44. The second kappa shape index (κ2) is 6.37. The Bertz CT molecular complexity index is 1010. The van der Waals surface area contributed by atoms with Gasteiger partial charge >= 0.3 is 5.97 Å². The van der Waals surface area contributed by atoms with Crippen molar-refractivity contribution < 1.29 is 22.7 Å². The number of hydrogen-bond acceptors (Lipinski definition) is 4. The SMILES string of the molecule is CCCC1=Cc2cc(S(C)(=O)=O)ccc2/C1=C\c1ccc(C(=O)O)o1. The Morgan fingerprint density at radius 2 is 2.00 bits per heavy atom. The first-order chi connectivity index (χ1) is 11.8. The van der Waals surface area contributed by atoms with Gasteiger partial charge in [0.2, 0.25) is 5.76 Å². The van der Waals surface area contributed by atoms with Crippen molar-refractivity contribution in [1.29, 1.82) is 0 Å². The average molecular weight is 358 g/mol. The maximum atomic E-state index is 11.8. The van der Waals surface area contributed by atoms with Crippen molar-refractivity contribution in [3.63, 3.8) is 0 Å². The van der Waals surface area contributed by atoms with Crippen LogP contribution < -0.4 is 0 Å². The van der Waals surface area contributed by atoms with E-state index >= 15 is 0 Å². The van der Waals surface area contributed by atoms with Crippen LogP contribution in [0.1, 0.15) is 47.2 Å². The van der Waals surface area contributed by atoms with Crippen molar-refractivity contribution in [3.05, 3.63) is 58.6 Å². The van der Waals surface area contributed by atoms with Crippen LogP contribution in [0.25, 0.3) is 17.7 Å². The molecular formula is C19H18O5S. The molecule has 0 radical (unpaired) electrons. The molecule has 1 heterocycles. The molecule has 0 bridgehead atoms. The minimum atomic E-state index is -3.27. The Hall–Kier alpha value is -2.60. The van der Waals surface area contributed by atoms with Crippen molar-refractivity contribution in [2.75, 3.05) is 6.26 Å². The lowest BCUT2D eigenvalue weighted by atomic mass is 9.99. The molecule has 1 N–H and O–H groups in total. The maximum absolute atomic E-state index is 11.8. The van der Waals surface area contributed by atoms with E-state index in [9.17, 15) is 13.2 Å². The Morgan fingerprint density at radius 3 is 2.60 bits per heavy atom. The number of carbonyl (C=O) groups is 1. The van der Waals surface area contributed by atoms with Gasteiger partial charge in [0.05, 0.1) is 4.90 Å². The largest absolute Gasteiger partial charge is 0.475 e. The molecule has 25 heavy (non-hydrogen) atoms. The highest BCUT2D eigenvalue weighted by Crippen LogP contribution is 2.40. The van der Waals surface area contributed by atoms with E-state index in [4.69, 9.17) is 9.52 Å². The zero-order valence-electron chi connectivity index (χ0n) is 13.9. The first-order valence-corrected chi connectivity index (χ1v) is 9.79. The monoisotopic (exact) mass is 358 g/mol. The van der Waals surface area contributed by atoms with E-state index < -0.39 is 15.8 Å². The van der Waals surface area contributed by atoms with Crippen LogP contribution in [0.3, 0.4) is 0 Å². The van der Waals surface area contributed by atoms with E-state index in [2.05, 4.69) is 6.92 Å². The van der Waals surface area contributed by atoms with Gasteiger partial charge in [0.15, 0.2) is 9.84 Å². The fourth-order valence-corrected chi connectivity index (χ4v) is 3.57. The van der Waals surface area contributed by atoms with Gasteiger partial charge in [-0.15, -0.1) is 0 Å². The van der Waals surface area contributed by atoms with Crippen molar-refractivity contribution in [2.45, 2.75) is 24.7 Å². The van der Waals surface area contributed by atoms with Crippen LogP contribution in [0, 0.1) is 0 Å². The molecule has 0 amide bonds. The minimum Gasteiger partial charge on any atom is -0.475 e. The highest BCUT2D eigenvalue weighted by Gasteiger charge is 2.21. The molecule has 0 unspecified atom stereocenters. The molecule has 6 heteroatoms. The minimum absolute atomic E-state index is 0.112. The number of sulfone groups is 1. The number of allylic oxidation sites excluding steroid dienone is 2. The first-order valence-electron chi connectivity index (χ1n) is 7.90. The van der Waals surface area contributed by atoms with E-state index in [1.54, 1.807) is 30.3 Å². The number of rotatable bonds is 5. The normalized spacial score (nSPS) is 15.3. The van der Waals surface area contributed by atoms with E-state index in [1.165, 1.54) is 12.3 Å². The molecule has 1 aromatic heterocycles. The van der Waals surface area contributed by atoms with Crippen LogP contribution in [0.2, 0.25) is 0 Å². The molecule has 0 fully saturated rings. The van der Waals surface area contributed by atoms with Gasteiger partial charge < -0.3 is 9.52 Å². The number of furan rings is 1. The molecule has 5 nitrogen and oxygen atoms in total. The summed E-state index contributed by atoms with van der Waals surface area (Å²) in [5.41, 5.74) is 3.78. The van der Waals surface area contributed by atoms with Gasteiger partial charge in [-0.05, 0) is 59.0 Å². The van der Waals surface area contributed by atoms with E-state index in [1.807, 2.05) is 6.08 Å². The summed E-state index contributed by atoms with van der Waals surface area (Å²) in [6.45, 7) is 2.07. The Morgan fingerprint density at radius 1 is 1.24 bits per heavy atom. The van der Waals surface area contributed by atoms with Crippen LogP contribution in [0.4, 0.5) is 0 Å². The standard InChI is InChI=1S/C19H18O5S/c1-3-4-12-9-13-10-15(25(2,22)23)6-7-16(13)17(12)11-14-5-8-18(24-14)19(20)21/h5-11H,3-4H2,1-2H3,(H,20,21)/b17-11-. The van der Waals surface area contributed by atoms with E-state index in [-0.39, 0.29) is 10.7 Å². The van der Waals surface area contributed by atoms with Gasteiger partial charge in [0.1, 0.15) is 5.76 Å². The topological polar surface area (TPSA) is 84.6 Å². The van der Waals surface area contributed by atoms with Crippen LogP contribution >= 0.6 is 0 Å². The summed E-state index contributed by atoms with van der Waals surface area (Å²) in [6.07, 6.45) is 6.75. The molecule has 1 aromatic carbocycles. The van der Waals surface area contributed by atoms with Gasteiger partial charge in [0.25, 0.3) is 0 Å². The fourth-order valence-electron chi connectivity index (χ4n) is 2.91. The average Bonchev–Trinajstić information content (AvgIpc) is 3.12. The zero-order valence-corrected chi connectivity index (χ0v) is 14.8. The summed E-state index contributed by atoms with van der Waals surface area (Å²) in [5.74, 6) is -0.772. The lowest BCUT2D eigenvalue weighted by molar-refractivity contribution is 0.0662. The number of fused-ring (bicyclic) bond motifs is 1. The number of carboxylic acids is 1. The predicted octanol–water partition coefficient (Wildman–Crippen LogP) is 4.12. The summed E-state index contributed by atoms with van der Waals surface area (Å²) in [7, 11) is -3.27. The highest BCUT2D eigenvalue weighted by molar-refractivity contribution is 7.90. The van der Waals surface area contributed by atoms with Gasteiger partial charge in [-0.25, -0.2) is 13.2 Å². The molecule has 1 aliphatic rings. The maximum Gasteiger partial charge on any atom is 0.371 e. The van der Waals surface area contributed by atoms with Crippen LogP contribution in [0.5, 0.6) is 0 Å². The van der Waals surface area contributed by atoms with Gasteiger partial charge in [-0.2, -0.15) is 0 Å². The summed E-state index contributed by atoms with van der Waals surface area (Å²) in [4.78, 5) is 11.2. The fraction of sp³-hybridized carbons (Fsp3) is 0.211. The molecule has 0 saturated carbocycles. The molecule has 0 saturated heterocycles. The van der Waals surface area contributed by atoms with Crippen molar-refractivity contribution in [2.24, 2.45) is 0 Å². The Balaban J connectivity index is 2.09. The number of benzene rings is 1. The molecule has 0 aliphatic heterocycles. The molecule has 2 aromatic rings. The summed E-state index contributed by atoms with van der Waals surface area (Å²) in [5, 5.41) is 8.98. The smallest absolute Gasteiger partial charge is 0.371 e. The quantitative estimate of drug-likeness (QED) is 0.869. The highest BCUT2D eigenvalue weighted by atomic mass is 32.2. The molecule has 130 valence electrons. The predicted molar refractivity (Wildman–Crippen MR) is 96.0 cm³/mol. The van der Waals surface area contributed by atoms with Crippen LogP contribution in [-0.4, -0.2) is 25.7 Å². The second-order valence-corrected chi connectivity index (χ2v) is 8.02.